The summed E-state index contributed by atoms with van der Waals surface area (Å²) in [7, 11) is 1.88. The first kappa shape index (κ1) is 8.43. The molecule has 0 fully saturated rings. The maximum atomic E-state index is 5.78. The minimum Gasteiger partial charge on any atom is -0.313 e. The molecule has 60 valence electrons. The zero-order valence-corrected chi connectivity index (χ0v) is 7.26. The summed E-state index contributed by atoms with van der Waals surface area (Å²) in [6, 6.07) is 2.08. The average molecular weight is 172 g/mol. The maximum absolute atomic E-state index is 5.78. The lowest BCUT2D eigenvalue weighted by Crippen LogP contribution is -2.13. The van der Waals surface area contributed by atoms with E-state index in [1.807, 2.05) is 20.0 Å². The van der Waals surface area contributed by atoms with Gasteiger partial charge in [-0.25, -0.2) is 0 Å². The molecule has 0 aliphatic carbocycles. The summed E-state index contributed by atoms with van der Waals surface area (Å²) in [6.45, 7) is 2.02. The van der Waals surface area contributed by atoms with Crippen molar-refractivity contribution >= 4 is 11.6 Å². The van der Waals surface area contributed by atoms with E-state index in [2.05, 4.69) is 15.5 Å². The Bertz CT molecular complexity index is 239. The second-order valence-electron chi connectivity index (χ2n) is 2.29. The highest BCUT2D eigenvalue weighted by atomic mass is 35.5. The van der Waals surface area contributed by atoms with Crippen LogP contribution in [-0.2, 0) is 0 Å². The number of halogens is 1. The van der Waals surface area contributed by atoms with Crippen LogP contribution < -0.4 is 5.32 Å². The van der Waals surface area contributed by atoms with Crippen LogP contribution in [0.3, 0.4) is 0 Å². The van der Waals surface area contributed by atoms with Crippen LogP contribution in [0.1, 0.15) is 18.5 Å². The van der Waals surface area contributed by atoms with E-state index in [1.165, 1.54) is 0 Å². The number of nitrogens with zero attached hydrogens (tertiary/aromatic N) is 2. The van der Waals surface area contributed by atoms with E-state index in [0.717, 1.165) is 5.56 Å². The van der Waals surface area contributed by atoms with Crippen molar-refractivity contribution in [1.82, 2.24) is 15.5 Å². The van der Waals surface area contributed by atoms with Crippen LogP contribution in [-0.4, -0.2) is 17.2 Å². The predicted molar refractivity (Wildman–Crippen MR) is 44.5 cm³/mol. The van der Waals surface area contributed by atoms with Crippen molar-refractivity contribution in [2.45, 2.75) is 13.0 Å². The van der Waals surface area contributed by atoms with Crippen molar-refractivity contribution in [2.75, 3.05) is 7.05 Å². The minimum absolute atomic E-state index is 0.220. The van der Waals surface area contributed by atoms with Gasteiger partial charge in [0.05, 0.1) is 6.20 Å². The zero-order chi connectivity index (χ0) is 8.27. The van der Waals surface area contributed by atoms with E-state index in [9.17, 15) is 0 Å². The molecule has 1 aromatic rings. The molecule has 4 heteroatoms. The molecule has 0 aromatic carbocycles. The van der Waals surface area contributed by atoms with Gasteiger partial charge in [-0.15, -0.1) is 5.10 Å². The van der Waals surface area contributed by atoms with Gasteiger partial charge < -0.3 is 5.32 Å². The Labute approximate surface area is 70.8 Å². The van der Waals surface area contributed by atoms with Crippen molar-refractivity contribution < 1.29 is 0 Å². The van der Waals surface area contributed by atoms with Crippen LogP contribution in [0.2, 0.25) is 5.15 Å². The molecule has 1 heterocycles. The molecule has 1 rings (SSSR count). The van der Waals surface area contributed by atoms with Gasteiger partial charge in [0.1, 0.15) is 0 Å². The highest BCUT2D eigenvalue weighted by Crippen LogP contribution is 2.17. The lowest BCUT2D eigenvalue weighted by Gasteiger charge is -2.09. The van der Waals surface area contributed by atoms with Gasteiger partial charge in [-0.05, 0) is 20.0 Å². The van der Waals surface area contributed by atoms with Gasteiger partial charge in [-0.2, -0.15) is 5.10 Å². The summed E-state index contributed by atoms with van der Waals surface area (Å²) in [5, 5.41) is 10.9. The summed E-state index contributed by atoms with van der Waals surface area (Å²) in [5.74, 6) is 0. The molecule has 1 atom stereocenters. The molecule has 11 heavy (non-hydrogen) atoms. The number of hydrogen-bond donors (Lipinski definition) is 1. The molecule has 0 saturated heterocycles. The first-order valence-corrected chi connectivity index (χ1v) is 3.78. The average Bonchev–Trinajstić information content (AvgIpc) is 2.04. The molecule has 0 bridgehead atoms. The van der Waals surface area contributed by atoms with Crippen LogP contribution in [0.5, 0.6) is 0 Å². The predicted octanol–water partition coefficient (Wildman–Crippen LogP) is 1.41. The van der Waals surface area contributed by atoms with Crippen molar-refractivity contribution in [2.24, 2.45) is 0 Å². The van der Waals surface area contributed by atoms with Crippen molar-refractivity contribution in [3.8, 4) is 0 Å². The van der Waals surface area contributed by atoms with Crippen molar-refractivity contribution in [3.05, 3.63) is 23.0 Å². The second-order valence-corrected chi connectivity index (χ2v) is 2.65. The molecule has 1 N–H and O–H groups in total. The van der Waals surface area contributed by atoms with Gasteiger partial charge in [0.25, 0.3) is 0 Å². The van der Waals surface area contributed by atoms with Gasteiger partial charge in [0.15, 0.2) is 5.15 Å². The molecule has 3 nitrogen and oxygen atoms in total. The first-order valence-electron chi connectivity index (χ1n) is 3.40. The van der Waals surface area contributed by atoms with Crippen LogP contribution in [0.15, 0.2) is 12.3 Å². The number of aromatic nitrogens is 2. The van der Waals surface area contributed by atoms with Gasteiger partial charge >= 0.3 is 0 Å². The summed E-state index contributed by atoms with van der Waals surface area (Å²) in [6.07, 6.45) is 1.63. The molecule has 1 unspecified atom stereocenters. The lowest BCUT2D eigenvalue weighted by atomic mass is 10.2. The fraction of sp³-hybridized carbons (Fsp3) is 0.429. The van der Waals surface area contributed by atoms with E-state index in [0.29, 0.717) is 5.15 Å². The molecule has 0 saturated carbocycles. The lowest BCUT2D eigenvalue weighted by molar-refractivity contribution is 0.647. The molecule has 1 aromatic heterocycles. The van der Waals surface area contributed by atoms with E-state index < -0.39 is 0 Å². The molecular weight excluding hydrogens is 162 g/mol. The number of hydrogen-bond acceptors (Lipinski definition) is 3. The Morgan fingerprint density at radius 1 is 1.64 bits per heavy atom. The fourth-order valence-corrected chi connectivity index (χ4v) is 1.07. The maximum Gasteiger partial charge on any atom is 0.156 e. The highest BCUT2D eigenvalue weighted by Gasteiger charge is 2.06. The van der Waals surface area contributed by atoms with Gasteiger partial charge in [0, 0.05) is 11.6 Å². The Kier molecular flexibility index (Phi) is 2.79. The van der Waals surface area contributed by atoms with Gasteiger partial charge in [0.2, 0.25) is 0 Å². The molecule has 0 spiro atoms. The van der Waals surface area contributed by atoms with Crippen LogP contribution in [0.4, 0.5) is 0 Å². The molecule has 0 aliphatic rings. The van der Waals surface area contributed by atoms with Crippen LogP contribution in [0, 0.1) is 0 Å². The van der Waals surface area contributed by atoms with E-state index in [4.69, 9.17) is 11.6 Å². The molecule has 0 amide bonds. The number of nitrogens with one attached hydrogen (secondary N) is 1. The van der Waals surface area contributed by atoms with Gasteiger partial charge in [-0.3, -0.25) is 0 Å². The number of rotatable bonds is 2. The Morgan fingerprint density at radius 2 is 2.36 bits per heavy atom. The monoisotopic (exact) mass is 171 g/mol. The third kappa shape index (κ3) is 1.88. The summed E-state index contributed by atoms with van der Waals surface area (Å²) in [5.41, 5.74) is 0.976. The Morgan fingerprint density at radius 3 is 2.91 bits per heavy atom. The summed E-state index contributed by atoms with van der Waals surface area (Å²) in [4.78, 5) is 0. The molecular formula is C7H10ClN3. The Balaban J connectivity index is 2.93. The largest absolute Gasteiger partial charge is 0.313 e. The second kappa shape index (κ2) is 3.64. The standard InChI is InChI=1S/C7H10ClN3/c1-5(9-2)6-3-4-10-11-7(6)8/h3-5,9H,1-2H3. The zero-order valence-electron chi connectivity index (χ0n) is 6.50. The SMILES string of the molecule is CNC(C)c1ccnnc1Cl. The van der Waals surface area contributed by atoms with E-state index in [-0.39, 0.29) is 6.04 Å². The van der Waals surface area contributed by atoms with Gasteiger partial charge in [-0.1, -0.05) is 11.6 Å². The Hall–Kier alpha value is -0.670. The van der Waals surface area contributed by atoms with E-state index >= 15 is 0 Å². The van der Waals surface area contributed by atoms with Crippen LogP contribution in [0.25, 0.3) is 0 Å². The highest BCUT2D eigenvalue weighted by molar-refractivity contribution is 6.30. The molecule has 0 radical (unpaired) electrons. The first-order chi connectivity index (χ1) is 5.25. The smallest absolute Gasteiger partial charge is 0.156 e. The summed E-state index contributed by atoms with van der Waals surface area (Å²) < 4.78 is 0. The molecule has 0 aliphatic heterocycles. The van der Waals surface area contributed by atoms with Crippen LogP contribution >= 0.6 is 11.6 Å². The topological polar surface area (TPSA) is 37.8 Å². The third-order valence-electron chi connectivity index (χ3n) is 1.60. The van der Waals surface area contributed by atoms with E-state index in [1.54, 1.807) is 6.20 Å². The quantitative estimate of drug-likeness (QED) is 0.731. The third-order valence-corrected chi connectivity index (χ3v) is 1.90. The fourth-order valence-electron chi connectivity index (χ4n) is 0.803. The summed E-state index contributed by atoms with van der Waals surface area (Å²) >= 11 is 5.78. The van der Waals surface area contributed by atoms with Crippen molar-refractivity contribution in [3.63, 3.8) is 0 Å². The minimum atomic E-state index is 0.220. The van der Waals surface area contributed by atoms with Crippen molar-refractivity contribution in [1.29, 1.82) is 0 Å². The normalized spacial score (nSPS) is 13.0.